The van der Waals surface area contributed by atoms with Crippen molar-refractivity contribution in [2.45, 2.75) is 6.92 Å². The monoisotopic (exact) mass is 323 g/mol. The number of hydrogen-bond acceptors (Lipinski definition) is 2. The van der Waals surface area contributed by atoms with Crippen LogP contribution < -0.4 is 5.32 Å². The predicted molar refractivity (Wildman–Crippen MR) is 74.9 cm³/mol. The van der Waals surface area contributed by atoms with E-state index < -0.39 is 11.7 Å². The van der Waals surface area contributed by atoms with Crippen molar-refractivity contribution in [2.24, 2.45) is 0 Å². The van der Waals surface area contributed by atoms with Gasteiger partial charge in [-0.3, -0.25) is 4.79 Å². The first kappa shape index (κ1) is 13.5. The van der Waals surface area contributed by atoms with Gasteiger partial charge in [0.2, 0.25) is 0 Å². The van der Waals surface area contributed by atoms with Crippen molar-refractivity contribution in [3.63, 3.8) is 0 Å². The Balaban J connectivity index is 2.28. The molecule has 0 aliphatic heterocycles. The van der Waals surface area contributed by atoms with Crippen molar-refractivity contribution in [1.29, 1.82) is 0 Å². The Morgan fingerprint density at radius 2 is 2.05 bits per heavy atom. The van der Waals surface area contributed by atoms with E-state index in [1.54, 1.807) is 25.1 Å². The highest BCUT2D eigenvalue weighted by molar-refractivity contribution is 9.10. The highest BCUT2D eigenvalue weighted by Crippen LogP contribution is 2.23. The van der Waals surface area contributed by atoms with Crippen molar-refractivity contribution >= 4 is 27.5 Å². The Morgan fingerprint density at radius 3 is 2.74 bits per heavy atom. The zero-order valence-corrected chi connectivity index (χ0v) is 11.7. The number of halogens is 2. The first-order valence-corrected chi connectivity index (χ1v) is 6.33. The molecule has 19 heavy (non-hydrogen) atoms. The van der Waals surface area contributed by atoms with Gasteiger partial charge >= 0.3 is 0 Å². The molecule has 2 N–H and O–H groups in total. The summed E-state index contributed by atoms with van der Waals surface area (Å²) in [4.78, 5) is 12.0. The Morgan fingerprint density at radius 1 is 1.32 bits per heavy atom. The molecule has 0 aliphatic carbocycles. The molecule has 5 heteroatoms. The lowest BCUT2D eigenvalue weighted by Gasteiger charge is -2.09. The molecule has 2 aromatic rings. The Kier molecular flexibility index (Phi) is 3.85. The molecular formula is C14H11BrFNO2. The van der Waals surface area contributed by atoms with E-state index >= 15 is 0 Å². The number of carbonyl (C=O) groups excluding carboxylic acids is 1. The molecule has 3 nitrogen and oxygen atoms in total. The Labute approximate surface area is 118 Å². The van der Waals surface area contributed by atoms with Gasteiger partial charge in [-0.15, -0.1) is 0 Å². The zero-order valence-electron chi connectivity index (χ0n) is 10.1. The van der Waals surface area contributed by atoms with Gasteiger partial charge in [0.15, 0.2) is 0 Å². The smallest absolute Gasteiger partial charge is 0.256 e. The number of rotatable bonds is 2. The van der Waals surface area contributed by atoms with E-state index in [2.05, 4.69) is 21.2 Å². The van der Waals surface area contributed by atoms with E-state index in [1.807, 2.05) is 0 Å². The van der Waals surface area contributed by atoms with Gasteiger partial charge in [-0.1, -0.05) is 22.0 Å². The van der Waals surface area contributed by atoms with Gasteiger partial charge in [-0.05, 0) is 37.3 Å². The average molecular weight is 324 g/mol. The van der Waals surface area contributed by atoms with Crippen molar-refractivity contribution in [1.82, 2.24) is 0 Å². The van der Waals surface area contributed by atoms with E-state index in [4.69, 9.17) is 0 Å². The molecule has 2 rings (SSSR count). The molecule has 0 radical (unpaired) electrons. The average Bonchev–Trinajstić information content (AvgIpc) is 2.36. The quantitative estimate of drug-likeness (QED) is 0.881. The fourth-order valence-corrected chi connectivity index (χ4v) is 1.98. The molecule has 0 saturated heterocycles. The minimum Gasteiger partial charge on any atom is -0.508 e. The summed E-state index contributed by atoms with van der Waals surface area (Å²) in [6, 6.07) is 9.00. The van der Waals surface area contributed by atoms with Crippen molar-refractivity contribution in [3.8, 4) is 5.75 Å². The third-order valence-corrected chi connectivity index (χ3v) is 3.22. The molecule has 0 saturated carbocycles. The van der Waals surface area contributed by atoms with Gasteiger partial charge in [-0.25, -0.2) is 4.39 Å². The number of nitrogens with one attached hydrogen (secondary N) is 1. The number of hydrogen-bond donors (Lipinski definition) is 2. The maximum absolute atomic E-state index is 13.6. The van der Waals surface area contributed by atoms with E-state index in [1.165, 1.54) is 18.2 Å². The Hall–Kier alpha value is -1.88. The first-order chi connectivity index (χ1) is 8.99. The van der Waals surface area contributed by atoms with Crippen LogP contribution in [0.1, 0.15) is 15.9 Å². The summed E-state index contributed by atoms with van der Waals surface area (Å²) in [5, 5.41) is 12.0. The summed E-state index contributed by atoms with van der Waals surface area (Å²) >= 11 is 3.14. The standard InChI is InChI=1S/C14H11BrFNO2/c1-8-10(3-2-4-13(8)18)14(19)17-12-6-5-9(15)7-11(12)16/h2-7,18H,1H3,(H,17,19). The number of carbonyl (C=O) groups is 1. The van der Waals surface area contributed by atoms with E-state index in [0.717, 1.165) is 0 Å². The van der Waals surface area contributed by atoms with Gasteiger partial charge in [0.25, 0.3) is 5.91 Å². The lowest BCUT2D eigenvalue weighted by Crippen LogP contribution is -2.14. The molecule has 0 fully saturated rings. The maximum Gasteiger partial charge on any atom is 0.256 e. The van der Waals surface area contributed by atoms with Crippen LogP contribution in [0.2, 0.25) is 0 Å². The maximum atomic E-state index is 13.6. The number of aromatic hydroxyl groups is 1. The van der Waals surface area contributed by atoms with Crippen LogP contribution in [0.3, 0.4) is 0 Å². The fourth-order valence-electron chi connectivity index (χ4n) is 1.65. The van der Waals surface area contributed by atoms with Gasteiger partial charge in [0.1, 0.15) is 11.6 Å². The van der Waals surface area contributed by atoms with Crippen molar-refractivity contribution in [3.05, 3.63) is 57.8 Å². The highest BCUT2D eigenvalue weighted by Gasteiger charge is 2.13. The van der Waals surface area contributed by atoms with Crippen LogP contribution in [0, 0.1) is 12.7 Å². The third kappa shape index (κ3) is 2.93. The summed E-state index contributed by atoms with van der Waals surface area (Å²) in [5.41, 5.74) is 0.857. The molecule has 2 aromatic carbocycles. The topological polar surface area (TPSA) is 49.3 Å². The summed E-state index contributed by atoms with van der Waals surface area (Å²) in [6.07, 6.45) is 0. The predicted octanol–water partition coefficient (Wildman–Crippen LogP) is 3.85. The largest absolute Gasteiger partial charge is 0.508 e. The van der Waals surface area contributed by atoms with Gasteiger partial charge in [0.05, 0.1) is 5.69 Å². The van der Waals surface area contributed by atoms with Gasteiger partial charge in [0, 0.05) is 15.6 Å². The van der Waals surface area contributed by atoms with Crippen molar-refractivity contribution in [2.75, 3.05) is 5.32 Å². The van der Waals surface area contributed by atoms with Crippen LogP contribution in [0.5, 0.6) is 5.75 Å². The Bertz CT molecular complexity index is 643. The molecule has 0 heterocycles. The summed E-state index contributed by atoms with van der Waals surface area (Å²) in [6.45, 7) is 1.63. The van der Waals surface area contributed by atoms with Crippen molar-refractivity contribution < 1.29 is 14.3 Å². The molecule has 0 atom stereocenters. The van der Waals surface area contributed by atoms with Crippen LogP contribution in [-0.2, 0) is 0 Å². The van der Waals surface area contributed by atoms with Crippen LogP contribution in [-0.4, -0.2) is 11.0 Å². The number of anilines is 1. The lowest BCUT2D eigenvalue weighted by atomic mass is 10.1. The van der Waals surface area contributed by atoms with E-state index in [0.29, 0.717) is 15.6 Å². The molecule has 98 valence electrons. The second-order valence-electron chi connectivity index (χ2n) is 4.03. The van der Waals surface area contributed by atoms with Crippen LogP contribution >= 0.6 is 15.9 Å². The van der Waals surface area contributed by atoms with Crippen LogP contribution in [0.4, 0.5) is 10.1 Å². The summed E-state index contributed by atoms with van der Waals surface area (Å²) in [5.74, 6) is -0.959. The third-order valence-electron chi connectivity index (χ3n) is 2.73. The second-order valence-corrected chi connectivity index (χ2v) is 4.94. The van der Waals surface area contributed by atoms with Crippen LogP contribution in [0.25, 0.3) is 0 Å². The molecule has 0 spiro atoms. The number of amides is 1. The number of phenolic OH excluding ortho intramolecular Hbond substituents is 1. The lowest BCUT2D eigenvalue weighted by molar-refractivity contribution is 0.102. The normalized spacial score (nSPS) is 10.3. The van der Waals surface area contributed by atoms with Gasteiger partial charge in [-0.2, -0.15) is 0 Å². The second kappa shape index (κ2) is 5.40. The molecular weight excluding hydrogens is 313 g/mol. The minimum absolute atomic E-state index is 0.0314. The van der Waals surface area contributed by atoms with E-state index in [9.17, 15) is 14.3 Å². The highest BCUT2D eigenvalue weighted by atomic mass is 79.9. The molecule has 0 bridgehead atoms. The molecule has 0 unspecified atom stereocenters. The first-order valence-electron chi connectivity index (χ1n) is 5.54. The molecule has 1 amide bonds. The van der Waals surface area contributed by atoms with Gasteiger partial charge < -0.3 is 10.4 Å². The SMILES string of the molecule is Cc1c(O)cccc1C(=O)Nc1ccc(Br)cc1F. The zero-order chi connectivity index (χ0) is 14.0. The molecule has 0 aromatic heterocycles. The minimum atomic E-state index is -0.527. The van der Waals surface area contributed by atoms with E-state index in [-0.39, 0.29) is 11.4 Å². The number of phenols is 1. The fraction of sp³-hybridized carbons (Fsp3) is 0.0714. The summed E-state index contributed by atoms with van der Waals surface area (Å²) in [7, 11) is 0. The van der Waals surface area contributed by atoms with Crippen LogP contribution in [0.15, 0.2) is 40.9 Å². The number of benzene rings is 2. The molecule has 0 aliphatic rings. The summed E-state index contributed by atoms with van der Waals surface area (Å²) < 4.78 is 14.2.